The maximum Gasteiger partial charge on any atom is 0.231 e. The average Bonchev–Trinajstić information content (AvgIpc) is 2.82. The highest BCUT2D eigenvalue weighted by Crippen LogP contribution is 2.40. The van der Waals surface area contributed by atoms with Gasteiger partial charge in [-0.05, 0) is 36.1 Å². The first-order chi connectivity index (χ1) is 10.3. The molecule has 0 saturated heterocycles. The van der Waals surface area contributed by atoms with Gasteiger partial charge in [-0.25, -0.2) is 4.98 Å². The minimum Gasteiger partial charge on any atom is -0.507 e. The molecule has 0 bridgehead atoms. The van der Waals surface area contributed by atoms with E-state index in [1.54, 1.807) is 12.1 Å². The lowest BCUT2D eigenvalue weighted by Crippen LogP contribution is -2.12. The lowest BCUT2D eigenvalue weighted by molar-refractivity contribution is 0.446. The Hall–Kier alpha value is -2.00. The number of halogens is 1. The topological polar surface area (TPSA) is 46.3 Å². The van der Waals surface area contributed by atoms with E-state index in [9.17, 15) is 5.11 Å². The highest BCUT2D eigenvalue weighted by molar-refractivity contribution is 6.31. The maximum absolute atomic E-state index is 10.7. The summed E-state index contributed by atoms with van der Waals surface area (Å²) in [6.45, 7) is 8.20. The van der Waals surface area contributed by atoms with Gasteiger partial charge in [0.1, 0.15) is 11.3 Å². The number of hydrogen-bond acceptors (Lipinski definition) is 3. The molecule has 0 spiro atoms. The Morgan fingerprint density at radius 3 is 2.55 bits per heavy atom. The first-order valence-corrected chi connectivity index (χ1v) is 7.54. The molecule has 22 heavy (non-hydrogen) atoms. The smallest absolute Gasteiger partial charge is 0.231 e. The van der Waals surface area contributed by atoms with Crippen LogP contribution in [-0.2, 0) is 5.41 Å². The number of rotatable bonds is 1. The molecule has 3 nitrogen and oxygen atoms in total. The third kappa shape index (κ3) is 2.57. The van der Waals surface area contributed by atoms with E-state index in [0.29, 0.717) is 22.1 Å². The predicted molar refractivity (Wildman–Crippen MR) is 89.6 cm³/mol. The zero-order valence-corrected chi connectivity index (χ0v) is 13.8. The van der Waals surface area contributed by atoms with Gasteiger partial charge in [-0.2, -0.15) is 0 Å². The normalized spacial score (nSPS) is 12.0. The largest absolute Gasteiger partial charge is 0.507 e. The molecule has 3 rings (SSSR count). The summed E-state index contributed by atoms with van der Waals surface area (Å²) in [7, 11) is 0. The van der Waals surface area contributed by atoms with Crippen LogP contribution in [0.2, 0.25) is 5.02 Å². The van der Waals surface area contributed by atoms with Crippen molar-refractivity contribution in [1.29, 1.82) is 0 Å². The molecule has 0 amide bonds. The van der Waals surface area contributed by atoms with E-state index in [4.69, 9.17) is 16.0 Å². The number of hydrogen-bond donors (Lipinski definition) is 1. The molecule has 1 N–H and O–H groups in total. The second kappa shape index (κ2) is 5.03. The number of phenols is 1. The van der Waals surface area contributed by atoms with Gasteiger partial charge in [-0.15, -0.1) is 0 Å². The lowest BCUT2D eigenvalue weighted by atomic mass is 9.84. The van der Waals surface area contributed by atoms with Gasteiger partial charge in [-0.1, -0.05) is 38.4 Å². The van der Waals surface area contributed by atoms with E-state index in [2.05, 4.69) is 25.8 Å². The van der Waals surface area contributed by atoms with Crippen molar-refractivity contribution in [3.63, 3.8) is 0 Å². The zero-order valence-electron chi connectivity index (χ0n) is 13.1. The van der Waals surface area contributed by atoms with Gasteiger partial charge < -0.3 is 9.52 Å². The number of aromatic hydroxyl groups is 1. The van der Waals surface area contributed by atoms with Crippen molar-refractivity contribution < 1.29 is 9.52 Å². The highest BCUT2D eigenvalue weighted by atomic mass is 35.5. The Bertz CT molecular complexity index is 859. The Balaban J connectivity index is 2.24. The molecule has 0 atom stereocenters. The molecule has 0 fully saturated rings. The first-order valence-electron chi connectivity index (χ1n) is 7.16. The van der Waals surface area contributed by atoms with Crippen molar-refractivity contribution in [2.45, 2.75) is 33.1 Å². The Morgan fingerprint density at radius 1 is 1.14 bits per heavy atom. The van der Waals surface area contributed by atoms with Crippen LogP contribution in [0.15, 0.2) is 34.7 Å². The van der Waals surface area contributed by atoms with Crippen molar-refractivity contribution in [3.05, 3.63) is 46.5 Å². The highest BCUT2D eigenvalue weighted by Gasteiger charge is 2.23. The molecule has 4 heteroatoms. The van der Waals surface area contributed by atoms with Gasteiger partial charge >= 0.3 is 0 Å². The van der Waals surface area contributed by atoms with E-state index in [1.807, 2.05) is 25.1 Å². The van der Waals surface area contributed by atoms with Crippen LogP contribution in [-0.4, -0.2) is 10.1 Å². The van der Waals surface area contributed by atoms with Crippen molar-refractivity contribution in [1.82, 2.24) is 4.98 Å². The van der Waals surface area contributed by atoms with Gasteiger partial charge in [0, 0.05) is 16.7 Å². The molecule has 1 aromatic heterocycles. The van der Waals surface area contributed by atoms with Crippen molar-refractivity contribution in [2.24, 2.45) is 0 Å². The molecule has 0 unspecified atom stereocenters. The number of aryl methyl sites for hydroxylation is 1. The third-order valence-electron chi connectivity index (χ3n) is 3.64. The number of aromatic nitrogens is 1. The second-order valence-electron chi connectivity index (χ2n) is 6.59. The monoisotopic (exact) mass is 315 g/mol. The summed E-state index contributed by atoms with van der Waals surface area (Å²) in [4.78, 5) is 4.46. The standard InChI is InChI=1S/C18H18ClNO2/c1-10-7-12(16(21)13(8-10)18(2,3)4)17-20-14-6-5-11(19)9-15(14)22-17/h5-9,21H,1-4H3. The molecule has 0 aliphatic heterocycles. The van der Waals surface area contributed by atoms with E-state index in [0.717, 1.165) is 16.6 Å². The van der Waals surface area contributed by atoms with Gasteiger partial charge in [0.2, 0.25) is 5.89 Å². The molecular formula is C18H18ClNO2. The molecule has 1 heterocycles. The van der Waals surface area contributed by atoms with Crippen LogP contribution in [0.3, 0.4) is 0 Å². The van der Waals surface area contributed by atoms with Crippen LogP contribution in [0.25, 0.3) is 22.6 Å². The number of fused-ring (bicyclic) bond motifs is 1. The van der Waals surface area contributed by atoms with E-state index < -0.39 is 0 Å². The summed E-state index contributed by atoms with van der Waals surface area (Å²) in [5, 5.41) is 11.3. The molecule has 114 valence electrons. The number of phenolic OH excluding ortho intramolecular Hbond substituents is 1. The molecule has 2 aromatic carbocycles. The fourth-order valence-corrected chi connectivity index (χ4v) is 2.69. The van der Waals surface area contributed by atoms with Crippen LogP contribution in [0.5, 0.6) is 5.75 Å². The Kier molecular flexibility index (Phi) is 3.41. The summed E-state index contributed by atoms with van der Waals surface area (Å²) >= 11 is 5.98. The minimum absolute atomic E-state index is 0.166. The van der Waals surface area contributed by atoms with Gasteiger partial charge in [0.25, 0.3) is 0 Å². The molecular weight excluding hydrogens is 298 g/mol. The lowest BCUT2D eigenvalue weighted by Gasteiger charge is -2.22. The van der Waals surface area contributed by atoms with Gasteiger partial charge in [0.05, 0.1) is 5.56 Å². The summed E-state index contributed by atoms with van der Waals surface area (Å²) < 4.78 is 5.78. The number of oxazole rings is 1. The SMILES string of the molecule is Cc1cc(-c2nc3ccc(Cl)cc3o2)c(O)c(C(C)(C)C)c1. The first kappa shape index (κ1) is 14.9. The van der Waals surface area contributed by atoms with Gasteiger partial charge in [-0.3, -0.25) is 0 Å². The number of benzene rings is 2. The third-order valence-corrected chi connectivity index (χ3v) is 3.88. The molecule has 3 aromatic rings. The van der Waals surface area contributed by atoms with Crippen LogP contribution >= 0.6 is 11.6 Å². The fraction of sp³-hybridized carbons (Fsp3) is 0.278. The van der Waals surface area contributed by atoms with Crippen LogP contribution in [0.1, 0.15) is 31.9 Å². The van der Waals surface area contributed by atoms with Crippen LogP contribution < -0.4 is 0 Å². The summed E-state index contributed by atoms with van der Waals surface area (Å²) in [6.07, 6.45) is 0. The predicted octanol–water partition coefficient (Wildman–Crippen LogP) is 5.46. The van der Waals surface area contributed by atoms with E-state index in [1.165, 1.54) is 0 Å². The Labute approximate surface area is 134 Å². The van der Waals surface area contributed by atoms with Gasteiger partial charge in [0.15, 0.2) is 5.58 Å². The number of nitrogens with zero attached hydrogens (tertiary/aromatic N) is 1. The van der Waals surface area contributed by atoms with Crippen molar-refractivity contribution >= 4 is 22.7 Å². The fourth-order valence-electron chi connectivity index (χ4n) is 2.53. The zero-order chi connectivity index (χ0) is 16.1. The minimum atomic E-state index is -0.166. The molecule has 0 aliphatic rings. The van der Waals surface area contributed by atoms with Crippen molar-refractivity contribution in [3.8, 4) is 17.2 Å². The van der Waals surface area contributed by atoms with Crippen molar-refractivity contribution in [2.75, 3.05) is 0 Å². The molecule has 0 radical (unpaired) electrons. The summed E-state index contributed by atoms with van der Waals surface area (Å²) in [6, 6.07) is 9.19. The average molecular weight is 316 g/mol. The van der Waals surface area contributed by atoms with E-state index >= 15 is 0 Å². The summed E-state index contributed by atoms with van der Waals surface area (Å²) in [5.74, 6) is 0.625. The Morgan fingerprint density at radius 2 is 1.86 bits per heavy atom. The quantitative estimate of drug-likeness (QED) is 0.648. The second-order valence-corrected chi connectivity index (χ2v) is 7.03. The van der Waals surface area contributed by atoms with Crippen LogP contribution in [0, 0.1) is 6.92 Å². The summed E-state index contributed by atoms with van der Waals surface area (Å²) in [5.41, 5.74) is 3.71. The maximum atomic E-state index is 10.7. The molecule has 0 aliphatic carbocycles. The van der Waals surface area contributed by atoms with E-state index in [-0.39, 0.29) is 11.2 Å². The molecule has 0 saturated carbocycles. The van der Waals surface area contributed by atoms with Crippen LogP contribution in [0.4, 0.5) is 0 Å².